The highest BCUT2D eigenvalue weighted by molar-refractivity contribution is 6.25. The third kappa shape index (κ3) is 4.09. The van der Waals surface area contributed by atoms with E-state index in [4.69, 9.17) is 18.8 Å². The second kappa shape index (κ2) is 10.5. The molecule has 48 heavy (non-hydrogen) atoms. The largest absolute Gasteiger partial charge is 0.452 e. The smallest absolute Gasteiger partial charge is 0.178 e. The molecular formula is C44H30N2O2. The van der Waals surface area contributed by atoms with Crippen molar-refractivity contribution in [3.8, 4) is 11.1 Å². The number of furan rings is 2. The van der Waals surface area contributed by atoms with Crippen molar-refractivity contribution in [1.82, 2.24) is 0 Å². The number of para-hydroxylation sites is 1. The Kier molecular flexibility index (Phi) is 5.94. The summed E-state index contributed by atoms with van der Waals surface area (Å²) in [6.07, 6.45) is 1.37. The standard InChI is InChI=1S/C44H30N2O2/c1-26-24-37(34-19-11-21-39-41(34)35-23-22-33-32-18-9-10-20-38(32)47-43(33)44(35)48-39)45-40(46-42(26)27-12-3-2-4-13-27)25-36-30-16-7-5-14-28(30)29-15-6-8-17-31(29)36/h2-23,36H,24-25H2,1H3. The van der Waals surface area contributed by atoms with Gasteiger partial charge in [0.05, 0.1) is 11.4 Å². The van der Waals surface area contributed by atoms with Crippen LogP contribution in [0.1, 0.15) is 47.9 Å². The van der Waals surface area contributed by atoms with Crippen molar-refractivity contribution in [3.63, 3.8) is 0 Å². The van der Waals surface area contributed by atoms with Crippen molar-refractivity contribution < 1.29 is 8.83 Å². The number of rotatable bonds is 4. The number of nitrogens with zero attached hydrogens (tertiary/aromatic N) is 2. The average molecular weight is 619 g/mol. The van der Waals surface area contributed by atoms with Gasteiger partial charge in [-0.25, -0.2) is 9.98 Å². The Balaban J connectivity index is 1.17. The van der Waals surface area contributed by atoms with Crippen molar-refractivity contribution >= 4 is 61.1 Å². The molecule has 2 aliphatic rings. The van der Waals surface area contributed by atoms with E-state index in [1.54, 1.807) is 0 Å². The van der Waals surface area contributed by atoms with E-state index in [1.165, 1.54) is 27.8 Å². The summed E-state index contributed by atoms with van der Waals surface area (Å²) in [5.74, 6) is 1.00. The third-order valence-electron chi connectivity index (χ3n) is 10.1. The minimum atomic E-state index is 0.170. The van der Waals surface area contributed by atoms with Crippen molar-refractivity contribution in [2.45, 2.75) is 25.7 Å². The molecule has 228 valence electrons. The lowest BCUT2D eigenvalue weighted by Crippen LogP contribution is -2.09. The molecule has 0 saturated carbocycles. The highest BCUT2D eigenvalue weighted by atomic mass is 16.4. The molecule has 8 aromatic rings. The lowest BCUT2D eigenvalue weighted by molar-refractivity contribution is 0.633. The van der Waals surface area contributed by atoms with E-state index < -0.39 is 0 Å². The maximum Gasteiger partial charge on any atom is 0.178 e. The minimum Gasteiger partial charge on any atom is -0.452 e. The van der Waals surface area contributed by atoms with E-state index in [1.807, 2.05) is 24.3 Å². The summed E-state index contributed by atoms with van der Waals surface area (Å²) in [6, 6.07) is 46.8. The summed E-state index contributed by atoms with van der Waals surface area (Å²) in [5, 5.41) is 4.23. The number of allylic oxidation sites excluding steroid dienone is 1. The molecule has 0 radical (unpaired) electrons. The second-order valence-electron chi connectivity index (χ2n) is 12.9. The van der Waals surface area contributed by atoms with E-state index in [2.05, 4.69) is 116 Å². The van der Waals surface area contributed by atoms with Crippen LogP contribution in [-0.2, 0) is 0 Å². The van der Waals surface area contributed by atoms with E-state index in [0.29, 0.717) is 12.8 Å². The van der Waals surface area contributed by atoms with Gasteiger partial charge in [-0.1, -0.05) is 109 Å². The highest BCUT2D eigenvalue weighted by Crippen LogP contribution is 2.47. The van der Waals surface area contributed by atoms with Crippen LogP contribution in [0.5, 0.6) is 0 Å². The van der Waals surface area contributed by atoms with Gasteiger partial charge in [0, 0.05) is 51.4 Å². The van der Waals surface area contributed by atoms with E-state index in [0.717, 1.165) is 72.2 Å². The van der Waals surface area contributed by atoms with Gasteiger partial charge in [-0.2, -0.15) is 0 Å². The molecule has 0 bridgehead atoms. The lowest BCUT2D eigenvalue weighted by Gasteiger charge is -2.14. The topological polar surface area (TPSA) is 51.0 Å². The second-order valence-corrected chi connectivity index (χ2v) is 12.9. The minimum absolute atomic E-state index is 0.170. The summed E-state index contributed by atoms with van der Waals surface area (Å²) in [5.41, 5.74) is 13.9. The first-order chi connectivity index (χ1) is 23.7. The average Bonchev–Trinajstić information content (AvgIpc) is 3.77. The molecule has 0 atom stereocenters. The van der Waals surface area contributed by atoms with Gasteiger partial charge in [0.1, 0.15) is 17.0 Å². The van der Waals surface area contributed by atoms with Gasteiger partial charge < -0.3 is 8.83 Å². The van der Waals surface area contributed by atoms with Crippen LogP contribution in [0, 0.1) is 0 Å². The van der Waals surface area contributed by atoms with Gasteiger partial charge in [-0.05, 0) is 59.0 Å². The van der Waals surface area contributed by atoms with Crippen molar-refractivity contribution in [3.05, 3.63) is 161 Å². The van der Waals surface area contributed by atoms with Crippen molar-refractivity contribution in [1.29, 1.82) is 0 Å². The molecule has 1 aliphatic heterocycles. The number of amidine groups is 1. The third-order valence-corrected chi connectivity index (χ3v) is 10.1. The fraction of sp³-hybridized carbons (Fsp3) is 0.0909. The van der Waals surface area contributed by atoms with E-state index in [-0.39, 0.29) is 5.92 Å². The quantitative estimate of drug-likeness (QED) is 0.197. The molecule has 6 aromatic carbocycles. The Hall–Kier alpha value is -6.00. The molecule has 0 spiro atoms. The number of benzene rings is 6. The zero-order valence-corrected chi connectivity index (χ0v) is 26.4. The Morgan fingerprint density at radius 3 is 2.00 bits per heavy atom. The number of fused-ring (bicyclic) bond motifs is 10. The first-order valence-corrected chi connectivity index (χ1v) is 16.6. The predicted molar refractivity (Wildman–Crippen MR) is 197 cm³/mol. The lowest BCUT2D eigenvalue weighted by atomic mass is 9.93. The Bertz CT molecular complexity index is 2640. The van der Waals surface area contributed by atoms with Crippen LogP contribution in [0.4, 0.5) is 0 Å². The Morgan fingerprint density at radius 2 is 1.19 bits per heavy atom. The van der Waals surface area contributed by atoms with Crippen molar-refractivity contribution in [2.75, 3.05) is 0 Å². The SMILES string of the molecule is CC1=C(c2ccccc2)N=C(CC2c3ccccc3-c3ccccc32)N=C(c2cccc3oc4c(ccc5c6ccccc6oc54)c23)C1. The molecule has 10 rings (SSSR count). The molecule has 1 aliphatic carbocycles. The first-order valence-electron chi connectivity index (χ1n) is 16.6. The van der Waals surface area contributed by atoms with Crippen LogP contribution in [0.3, 0.4) is 0 Å². The summed E-state index contributed by atoms with van der Waals surface area (Å²) < 4.78 is 13.0. The summed E-state index contributed by atoms with van der Waals surface area (Å²) in [6.45, 7) is 2.19. The van der Waals surface area contributed by atoms with E-state index >= 15 is 0 Å². The maximum absolute atomic E-state index is 6.60. The van der Waals surface area contributed by atoms with Crippen LogP contribution in [-0.4, -0.2) is 11.5 Å². The van der Waals surface area contributed by atoms with Gasteiger partial charge in [-0.3, -0.25) is 0 Å². The van der Waals surface area contributed by atoms with Crippen LogP contribution in [0.15, 0.2) is 158 Å². The highest BCUT2D eigenvalue weighted by Gasteiger charge is 2.30. The fourth-order valence-corrected chi connectivity index (χ4v) is 7.90. The summed E-state index contributed by atoms with van der Waals surface area (Å²) in [4.78, 5) is 10.9. The van der Waals surface area contributed by atoms with Crippen LogP contribution < -0.4 is 0 Å². The number of aliphatic imine (C=N–C) groups is 2. The van der Waals surface area contributed by atoms with Crippen LogP contribution in [0.2, 0.25) is 0 Å². The number of hydrogen-bond acceptors (Lipinski definition) is 4. The Morgan fingerprint density at radius 1 is 0.562 bits per heavy atom. The van der Waals surface area contributed by atoms with Gasteiger partial charge in [0.15, 0.2) is 11.2 Å². The molecular weight excluding hydrogens is 588 g/mol. The first kappa shape index (κ1) is 27.1. The molecule has 0 N–H and O–H groups in total. The van der Waals surface area contributed by atoms with E-state index in [9.17, 15) is 0 Å². The summed E-state index contributed by atoms with van der Waals surface area (Å²) >= 11 is 0. The normalized spacial score (nSPS) is 14.9. The van der Waals surface area contributed by atoms with Crippen LogP contribution >= 0.6 is 0 Å². The predicted octanol–water partition coefficient (Wildman–Crippen LogP) is 11.7. The molecule has 0 amide bonds. The molecule has 4 nitrogen and oxygen atoms in total. The fourth-order valence-electron chi connectivity index (χ4n) is 7.90. The molecule has 0 saturated heterocycles. The molecule has 2 aromatic heterocycles. The maximum atomic E-state index is 6.60. The molecule has 0 fully saturated rings. The molecule has 0 unspecified atom stereocenters. The molecule has 3 heterocycles. The van der Waals surface area contributed by atoms with Crippen LogP contribution in [0.25, 0.3) is 60.7 Å². The van der Waals surface area contributed by atoms with Gasteiger partial charge >= 0.3 is 0 Å². The summed E-state index contributed by atoms with van der Waals surface area (Å²) in [7, 11) is 0. The van der Waals surface area contributed by atoms with Gasteiger partial charge in [0.2, 0.25) is 0 Å². The van der Waals surface area contributed by atoms with Gasteiger partial charge in [-0.15, -0.1) is 0 Å². The monoisotopic (exact) mass is 618 g/mol. The van der Waals surface area contributed by atoms with Gasteiger partial charge in [0.25, 0.3) is 0 Å². The Labute approximate surface area is 277 Å². The molecule has 4 heteroatoms. The zero-order chi connectivity index (χ0) is 31.8. The zero-order valence-electron chi connectivity index (χ0n) is 26.4. The van der Waals surface area contributed by atoms with Crippen molar-refractivity contribution in [2.24, 2.45) is 9.98 Å². The number of hydrogen-bond donors (Lipinski definition) is 0.